The molecule has 0 heterocycles. The Morgan fingerprint density at radius 1 is 1.33 bits per heavy atom. The predicted molar refractivity (Wildman–Crippen MR) is 58.2 cm³/mol. The molecule has 12 heavy (non-hydrogen) atoms. The van der Waals surface area contributed by atoms with Gasteiger partial charge in [0.15, 0.2) is 0 Å². The molecule has 0 radical (unpaired) electrons. The Morgan fingerprint density at radius 2 is 1.83 bits per heavy atom. The Hall–Kier alpha value is -0.550. The summed E-state index contributed by atoms with van der Waals surface area (Å²) in [7, 11) is 4.33. The van der Waals surface area contributed by atoms with Gasteiger partial charge in [0.25, 0.3) is 0 Å². The van der Waals surface area contributed by atoms with E-state index in [1.165, 1.54) is 0 Å². The van der Waals surface area contributed by atoms with Crippen LogP contribution in [0.3, 0.4) is 0 Å². The van der Waals surface area contributed by atoms with Gasteiger partial charge in [0.1, 0.15) is 5.76 Å². The normalized spacial score (nSPS) is 11.7. The van der Waals surface area contributed by atoms with Crippen molar-refractivity contribution in [3.05, 3.63) is 36.6 Å². The third-order valence-corrected chi connectivity index (χ3v) is 1.93. The highest BCUT2D eigenvalue weighted by Gasteiger charge is 2.11. The molecule has 0 aromatic carbocycles. The van der Waals surface area contributed by atoms with Gasteiger partial charge in [0.2, 0.25) is 0 Å². The van der Waals surface area contributed by atoms with Crippen LogP contribution in [0.1, 0.15) is 13.8 Å². The number of hydrogen-bond donors (Lipinski definition) is 0. The fourth-order valence-electron chi connectivity index (χ4n) is 0.476. The first-order valence-electron chi connectivity index (χ1n) is 3.77. The van der Waals surface area contributed by atoms with E-state index < -0.39 is 0 Å². The van der Waals surface area contributed by atoms with Crippen molar-refractivity contribution in [1.82, 2.24) is 0 Å². The molecule has 1 nitrogen and oxygen atoms in total. The molecule has 0 bridgehead atoms. The van der Waals surface area contributed by atoms with E-state index in [-0.39, 0.29) is 5.16 Å². The maximum absolute atomic E-state index is 4.88. The molecule has 68 valence electrons. The summed E-state index contributed by atoms with van der Waals surface area (Å²) in [5.41, 5.74) is 1.03. The quantitative estimate of drug-likeness (QED) is 0.371. The lowest BCUT2D eigenvalue weighted by atomic mass is 10.0. The molecule has 0 aliphatic heterocycles. The molecule has 0 aromatic rings. The average Bonchev–Trinajstić information content (AvgIpc) is 1.97. The van der Waals surface area contributed by atoms with Crippen molar-refractivity contribution in [1.29, 1.82) is 0 Å². The van der Waals surface area contributed by atoms with E-state index in [0.29, 0.717) is 5.76 Å². The fourth-order valence-corrected chi connectivity index (χ4v) is 0.573. The number of hydrogen-bond acceptors (Lipinski definition) is 1. The van der Waals surface area contributed by atoms with Gasteiger partial charge in [-0.25, -0.2) is 0 Å². The number of allylic oxidation sites excluding steroid dienone is 3. The van der Waals surface area contributed by atoms with Crippen LogP contribution in [0.25, 0.3) is 0 Å². The summed E-state index contributed by atoms with van der Waals surface area (Å²) in [6.45, 7) is 11.8. The predicted octanol–water partition coefficient (Wildman–Crippen LogP) is 2.91. The number of methoxy groups -OCH3 is 1. The highest BCUT2D eigenvalue weighted by atomic mass is 31.0. The molecule has 0 saturated heterocycles. The standard InChI is InChI=1S/C10H17OP/c1-8(10(3,4)12)6-7-9(2)11-5/h6-7H,1-2,12H2,3-5H3/b7-6-. The van der Waals surface area contributed by atoms with Crippen molar-refractivity contribution in [2.24, 2.45) is 0 Å². The summed E-state index contributed by atoms with van der Waals surface area (Å²) in [4.78, 5) is 0. The van der Waals surface area contributed by atoms with Gasteiger partial charge in [0.05, 0.1) is 7.11 Å². The van der Waals surface area contributed by atoms with Crippen LogP contribution in [-0.4, -0.2) is 12.3 Å². The van der Waals surface area contributed by atoms with Gasteiger partial charge in [-0.3, -0.25) is 0 Å². The van der Waals surface area contributed by atoms with Crippen LogP contribution in [0, 0.1) is 0 Å². The Morgan fingerprint density at radius 3 is 2.17 bits per heavy atom. The highest BCUT2D eigenvalue weighted by molar-refractivity contribution is 7.19. The zero-order valence-corrected chi connectivity index (χ0v) is 9.21. The monoisotopic (exact) mass is 184 g/mol. The Labute approximate surface area is 77.4 Å². The third kappa shape index (κ3) is 4.35. The van der Waals surface area contributed by atoms with Crippen LogP contribution < -0.4 is 0 Å². The molecular weight excluding hydrogens is 167 g/mol. The lowest BCUT2D eigenvalue weighted by molar-refractivity contribution is 0.309. The van der Waals surface area contributed by atoms with Crippen LogP contribution in [0.4, 0.5) is 0 Å². The van der Waals surface area contributed by atoms with Crippen LogP contribution >= 0.6 is 9.24 Å². The summed E-state index contributed by atoms with van der Waals surface area (Å²) in [5, 5.41) is 0.0323. The molecule has 0 N–H and O–H groups in total. The van der Waals surface area contributed by atoms with Crippen LogP contribution in [-0.2, 0) is 4.74 Å². The molecule has 0 saturated carbocycles. The SMILES string of the molecule is C=C(/C=C\C(=C)C(C)(C)P)OC. The lowest BCUT2D eigenvalue weighted by Gasteiger charge is -2.18. The summed E-state index contributed by atoms with van der Waals surface area (Å²) >= 11 is 0. The number of ether oxygens (including phenoxy) is 1. The van der Waals surface area contributed by atoms with Crippen molar-refractivity contribution in [2.45, 2.75) is 19.0 Å². The Balaban J connectivity index is 4.19. The topological polar surface area (TPSA) is 9.23 Å². The van der Waals surface area contributed by atoms with E-state index in [9.17, 15) is 0 Å². The molecule has 2 heteroatoms. The van der Waals surface area contributed by atoms with E-state index in [2.05, 4.69) is 36.2 Å². The van der Waals surface area contributed by atoms with Gasteiger partial charge >= 0.3 is 0 Å². The number of rotatable bonds is 4. The molecule has 1 unspecified atom stereocenters. The molecule has 0 fully saturated rings. The second-order valence-electron chi connectivity index (χ2n) is 3.25. The van der Waals surface area contributed by atoms with E-state index in [0.717, 1.165) is 5.57 Å². The highest BCUT2D eigenvalue weighted by Crippen LogP contribution is 2.25. The van der Waals surface area contributed by atoms with Crippen LogP contribution in [0.2, 0.25) is 0 Å². The first-order valence-corrected chi connectivity index (χ1v) is 4.35. The minimum absolute atomic E-state index is 0.0323. The second kappa shape index (κ2) is 4.47. The fraction of sp³-hybridized carbons (Fsp3) is 0.400. The molecule has 0 spiro atoms. The molecule has 0 aliphatic rings. The third-order valence-electron chi connectivity index (χ3n) is 1.56. The molecule has 0 aliphatic carbocycles. The van der Waals surface area contributed by atoms with Gasteiger partial charge in [-0.15, -0.1) is 9.24 Å². The Bertz CT molecular complexity index is 208. The summed E-state index contributed by atoms with van der Waals surface area (Å²) in [6.07, 6.45) is 3.73. The minimum atomic E-state index is 0.0323. The molecular formula is C10H17OP. The van der Waals surface area contributed by atoms with Gasteiger partial charge in [0, 0.05) is 5.16 Å². The molecule has 1 atom stereocenters. The largest absolute Gasteiger partial charge is 0.497 e. The summed E-state index contributed by atoms with van der Waals surface area (Å²) in [6, 6.07) is 0. The maximum atomic E-state index is 4.88. The first kappa shape index (κ1) is 11.4. The van der Waals surface area contributed by atoms with E-state index in [4.69, 9.17) is 4.74 Å². The maximum Gasteiger partial charge on any atom is 0.111 e. The first-order chi connectivity index (χ1) is 5.38. The van der Waals surface area contributed by atoms with Gasteiger partial charge < -0.3 is 4.74 Å². The minimum Gasteiger partial charge on any atom is -0.497 e. The molecule has 0 aromatic heterocycles. The van der Waals surface area contributed by atoms with Gasteiger partial charge in [-0.1, -0.05) is 33.1 Å². The van der Waals surface area contributed by atoms with Crippen molar-refractivity contribution < 1.29 is 4.74 Å². The average molecular weight is 184 g/mol. The van der Waals surface area contributed by atoms with Crippen molar-refractivity contribution in [3.63, 3.8) is 0 Å². The summed E-state index contributed by atoms with van der Waals surface area (Å²) < 4.78 is 4.88. The van der Waals surface area contributed by atoms with Crippen molar-refractivity contribution >= 4 is 9.24 Å². The zero-order valence-electron chi connectivity index (χ0n) is 8.05. The van der Waals surface area contributed by atoms with Crippen LogP contribution in [0.5, 0.6) is 0 Å². The van der Waals surface area contributed by atoms with E-state index >= 15 is 0 Å². The van der Waals surface area contributed by atoms with Gasteiger partial charge in [-0.2, -0.15) is 0 Å². The lowest BCUT2D eigenvalue weighted by Crippen LogP contribution is -2.10. The van der Waals surface area contributed by atoms with Crippen molar-refractivity contribution in [3.8, 4) is 0 Å². The Kier molecular flexibility index (Phi) is 4.26. The van der Waals surface area contributed by atoms with E-state index in [1.54, 1.807) is 7.11 Å². The van der Waals surface area contributed by atoms with Crippen molar-refractivity contribution in [2.75, 3.05) is 7.11 Å². The molecule has 0 amide bonds. The second-order valence-corrected chi connectivity index (χ2v) is 4.69. The zero-order chi connectivity index (χ0) is 9.78. The smallest absolute Gasteiger partial charge is 0.111 e. The van der Waals surface area contributed by atoms with E-state index in [1.807, 2.05) is 12.2 Å². The van der Waals surface area contributed by atoms with Gasteiger partial charge in [-0.05, 0) is 11.6 Å². The summed E-state index contributed by atoms with van der Waals surface area (Å²) in [5.74, 6) is 0.644. The molecule has 0 rings (SSSR count). The van der Waals surface area contributed by atoms with Crippen LogP contribution in [0.15, 0.2) is 36.6 Å².